The molecule has 46 heavy (non-hydrogen) atoms. The molecule has 0 aromatic heterocycles. The molecule has 3 unspecified atom stereocenters. The molecular weight excluding hydrogens is 602 g/mol. The van der Waals surface area contributed by atoms with Gasteiger partial charge in [0.25, 0.3) is 5.91 Å². The van der Waals surface area contributed by atoms with Gasteiger partial charge in [-0.25, -0.2) is 8.42 Å². The molecule has 0 fully saturated rings. The van der Waals surface area contributed by atoms with E-state index < -0.39 is 51.1 Å². The zero-order valence-corrected chi connectivity index (χ0v) is 27.3. The SMILES string of the molecule is CC(=O)NC(CS(=O)(=O)c1ccc2ccccc2c1)C(=O)NC(Cc1ccccc1)C(O)Cc1ccccc1C(=O)NC(C)(C)C. The Labute approximate surface area is 270 Å². The molecule has 0 saturated heterocycles. The minimum absolute atomic E-state index is 0.0281. The van der Waals surface area contributed by atoms with E-state index >= 15 is 0 Å². The summed E-state index contributed by atoms with van der Waals surface area (Å²) in [7, 11) is -4.02. The standard InChI is InChI=1S/C36H41N3O6S/c1-24(40)37-32(23-46(44,45)29-19-18-26-14-8-9-15-27(26)21-29)35(43)38-31(20-25-12-6-5-7-13-25)33(41)22-28-16-10-11-17-30(28)34(42)39-36(2,3)4/h5-19,21,31-33,41H,20,22-23H2,1-4H3,(H,37,40)(H,38,43)(H,39,42). The second-order valence-corrected chi connectivity index (χ2v) is 14.5. The van der Waals surface area contributed by atoms with E-state index in [0.717, 1.165) is 16.3 Å². The number of aliphatic hydroxyl groups is 1. The Morgan fingerprint density at radius 1 is 0.783 bits per heavy atom. The number of fused-ring (bicyclic) bond motifs is 1. The largest absolute Gasteiger partial charge is 0.391 e. The highest BCUT2D eigenvalue weighted by atomic mass is 32.2. The molecule has 0 saturated carbocycles. The van der Waals surface area contributed by atoms with Gasteiger partial charge in [-0.2, -0.15) is 0 Å². The van der Waals surface area contributed by atoms with Gasteiger partial charge in [0.2, 0.25) is 11.8 Å². The van der Waals surface area contributed by atoms with E-state index in [2.05, 4.69) is 16.0 Å². The average molecular weight is 644 g/mol. The number of sulfone groups is 1. The Kier molecular flexibility index (Phi) is 11.0. The van der Waals surface area contributed by atoms with Crippen LogP contribution in [0.5, 0.6) is 0 Å². The first kappa shape index (κ1) is 34.3. The Hall–Kier alpha value is -4.54. The summed E-state index contributed by atoms with van der Waals surface area (Å²) in [6, 6.07) is 25.9. The third-order valence-corrected chi connectivity index (χ3v) is 9.17. The number of rotatable bonds is 12. The highest BCUT2D eigenvalue weighted by Gasteiger charge is 2.32. The molecule has 10 heteroatoms. The Balaban J connectivity index is 1.60. The predicted octanol–water partition coefficient (Wildman–Crippen LogP) is 3.98. The molecule has 3 atom stereocenters. The van der Waals surface area contributed by atoms with Crippen molar-refractivity contribution in [3.8, 4) is 0 Å². The van der Waals surface area contributed by atoms with Crippen molar-refractivity contribution in [3.05, 3.63) is 114 Å². The van der Waals surface area contributed by atoms with Crippen LogP contribution in [0.4, 0.5) is 0 Å². The number of carbonyl (C=O) groups is 3. The first-order valence-corrected chi connectivity index (χ1v) is 16.8. The molecule has 3 amide bonds. The van der Waals surface area contributed by atoms with Crippen molar-refractivity contribution in [1.29, 1.82) is 0 Å². The second-order valence-electron chi connectivity index (χ2n) is 12.5. The van der Waals surface area contributed by atoms with Crippen LogP contribution in [0.1, 0.15) is 49.2 Å². The summed E-state index contributed by atoms with van der Waals surface area (Å²) in [4.78, 5) is 38.9. The number of hydrogen-bond donors (Lipinski definition) is 4. The average Bonchev–Trinajstić information content (AvgIpc) is 2.99. The maximum Gasteiger partial charge on any atom is 0.251 e. The molecule has 4 aromatic rings. The van der Waals surface area contributed by atoms with Crippen molar-refractivity contribution in [2.45, 2.75) is 69.2 Å². The predicted molar refractivity (Wildman–Crippen MR) is 179 cm³/mol. The van der Waals surface area contributed by atoms with Gasteiger partial charge in [-0.3, -0.25) is 14.4 Å². The summed E-state index contributed by atoms with van der Waals surface area (Å²) >= 11 is 0. The topological polar surface area (TPSA) is 142 Å². The normalized spacial score (nSPS) is 13.8. The van der Waals surface area contributed by atoms with Crippen LogP contribution in [0.25, 0.3) is 10.8 Å². The van der Waals surface area contributed by atoms with Crippen molar-refractivity contribution in [2.75, 3.05) is 5.75 Å². The first-order chi connectivity index (χ1) is 21.7. The second kappa shape index (κ2) is 14.7. The Morgan fingerprint density at radius 2 is 1.41 bits per heavy atom. The van der Waals surface area contributed by atoms with Gasteiger partial charge in [-0.1, -0.05) is 78.9 Å². The fourth-order valence-electron chi connectivity index (χ4n) is 5.23. The van der Waals surface area contributed by atoms with Crippen molar-refractivity contribution in [3.63, 3.8) is 0 Å². The quantitative estimate of drug-likeness (QED) is 0.184. The number of nitrogens with one attached hydrogen (secondary N) is 3. The van der Waals surface area contributed by atoms with Gasteiger partial charge in [0, 0.05) is 24.4 Å². The highest BCUT2D eigenvalue weighted by molar-refractivity contribution is 7.91. The fourth-order valence-corrected chi connectivity index (χ4v) is 6.68. The monoisotopic (exact) mass is 643 g/mol. The third kappa shape index (κ3) is 9.48. The van der Waals surface area contributed by atoms with Crippen molar-refractivity contribution in [1.82, 2.24) is 16.0 Å². The number of carbonyl (C=O) groups excluding carboxylic acids is 3. The van der Waals surface area contributed by atoms with Crippen LogP contribution >= 0.6 is 0 Å². The molecule has 0 heterocycles. The summed E-state index contributed by atoms with van der Waals surface area (Å²) in [5, 5.41) is 21.4. The summed E-state index contributed by atoms with van der Waals surface area (Å²) in [6.07, 6.45) is -0.914. The van der Waals surface area contributed by atoms with Crippen molar-refractivity contribution < 1.29 is 27.9 Å². The minimum atomic E-state index is -4.02. The van der Waals surface area contributed by atoms with Crippen LogP contribution < -0.4 is 16.0 Å². The molecule has 242 valence electrons. The van der Waals surface area contributed by atoms with Gasteiger partial charge in [0.15, 0.2) is 9.84 Å². The van der Waals surface area contributed by atoms with E-state index in [1.807, 2.05) is 63.2 Å². The lowest BCUT2D eigenvalue weighted by atomic mass is 9.93. The van der Waals surface area contributed by atoms with Gasteiger partial charge in [-0.05, 0) is 67.3 Å². The van der Waals surface area contributed by atoms with E-state index in [0.29, 0.717) is 11.1 Å². The minimum Gasteiger partial charge on any atom is -0.391 e. The molecule has 0 aliphatic carbocycles. The fraction of sp³-hybridized carbons (Fsp3) is 0.306. The highest BCUT2D eigenvalue weighted by Crippen LogP contribution is 2.21. The lowest BCUT2D eigenvalue weighted by Crippen LogP contribution is -2.55. The van der Waals surface area contributed by atoms with E-state index in [-0.39, 0.29) is 23.6 Å². The van der Waals surface area contributed by atoms with Gasteiger partial charge < -0.3 is 21.1 Å². The van der Waals surface area contributed by atoms with E-state index in [9.17, 15) is 27.9 Å². The summed E-state index contributed by atoms with van der Waals surface area (Å²) < 4.78 is 27.0. The molecule has 4 aromatic carbocycles. The number of amides is 3. The maximum atomic E-state index is 13.7. The number of hydrogen-bond acceptors (Lipinski definition) is 6. The molecule has 0 aliphatic heterocycles. The van der Waals surface area contributed by atoms with Crippen LogP contribution in [0, 0.1) is 0 Å². The van der Waals surface area contributed by atoms with Crippen molar-refractivity contribution in [2.24, 2.45) is 0 Å². The molecule has 0 bridgehead atoms. The Bertz CT molecular complexity index is 1800. The van der Waals surface area contributed by atoms with E-state index in [4.69, 9.17) is 0 Å². The van der Waals surface area contributed by atoms with Gasteiger partial charge in [0.05, 0.1) is 22.8 Å². The lowest BCUT2D eigenvalue weighted by Gasteiger charge is -2.28. The lowest BCUT2D eigenvalue weighted by molar-refractivity contribution is -0.128. The molecule has 0 radical (unpaired) electrons. The Morgan fingerprint density at radius 3 is 2.09 bits per heavy atom. The van der Waals surface area contributed by atoms with Crippen LogP contribution in [0.3, 0.4) is 0 Å². The first-order valence-electron chi connectivity index (χ1n) is 15.1. The van der Waals surface area contributed by atoms with Crippen LogP contribution in [-0.4, -0.2) is 60.7 Å². The van der Waals surface area contributed by atoms with E-state index in [1.54, 1.807) is 48.5 Å². The van der Waals surface area contributed by atoms with Gasteiger partial charge in [-0.15, -0.1) is 0 Å². The summed E-state index contributed by atoms with van der Waals surface area (Å²) in [6.45, 7) is 6.83. The maximum absolute atomic E-state index is 13.7. The molecular formula is C36H41N3O6S. The van der Waals surface area contributed by atoms with Crippen LogP contribution in [0.15, 0.2) is 102 Å². The van der Waals surface area contributed by atoms with Gasteiger partial charge in [0.1, 0.15) is 6.04 Å². The van der Waals surface area contributed by atoms with E-state index in [1.165, 1.54) is 13.0 Å². The summed E-state index contributed by atoms with van der Waals surface area (Å²) in [5.74, 6) is -2.30. The molecule has 4 N–H and O–H groups in total. The molecule has 0 aliphatic rings. The zero-order valence-electron chi connectivity index (χ0n) is 26.5. The third-order valence-electron chi connectivity index (χ3n) is 7.43. The smallest absolute Gasteiger partial charge is 0.251 e. The molecule has 0 spiro atoms. The number of benzene rings is 4. The molecule has 9 nitrogen and oxygen atoms in total. The summed E-state index contributed by atoms with van der Waals surface area (Å²) in [5.41, 5.74) is 1.34. The van der Waals surface area contributed by atoms with Crippen LogP contribution in [-0.2, 0) is 32.3 Å². The number of aliphatic hydroxyl groups excluding tert-OH is 1. The zero-order chi connectivity index (χ0) is 33.5. The van der Waals surface area contributed by atoms with Gasteiger partial charge >= 0.3 is 0 Å². The van der Waals surface area contributed by atoms with Crippen LogP contribution in [0.2, 0.25) is 0 Å². The van der Waals surface area contributed by atoms with Crippen molar-refractivity contribution >= 4 is 38.3 Å². The molecule has 4 rings (SSSR count).